The highest BCUT2D eigenvalue weighted by molar-refractivity contribution is 7.91. The second-order valence-electron chi connectivity index (χ2n) is 4.49. The zero-order valence-corrected chi connectivity index (χ0v) is 11.3. The Bertz CT molecular complexity index is 538. The van der Waals surface area contributed by atoms with E-state index in [4.69, 9.17) is 5.11 Å². The van der Waals surface area contributed by atoms with Crippen molar-refractivity contribution in [3.05, 3.63) is 0 Å². The van der Waals surface area contributed by atoms with Gasteiger partial charge < -0.3 is 15.7 Å². The monoisotopic (exact) mass is 274 g/mol. The number of rotatable bonds is 4. The number of anilines is 2. The molecule has 3 N–H and O–H groups in total. The summed E-state index contributed by atoms with van der Waals surface area (Å²) >= 11 is 0. The van der Waals surface area contributed by atoms with E-state index in [1.165, 1.54) is 6.26 Å². The fourth-order valence-corrected chi connectivity index (χ4v) is 3.21. The highest BCUT2D eigenvalue weighted by atomic mass is 32.2. The Morgan fingerprint density at radius 3 is 2.89 bits per heavy atom. The first-order chi connectivity index (χ1) is 8.47. The highest BCUT2D eigenvalue weighted by Crippen LogP contribution is 2.32. The molecule has 1 aliphatic heterocycles. The summed E-state index contributed by atoms with van der Waals surface area (Å²) in [4.78, 5) is 0.215. The third kappa shape index (κ3) is 2.30. The van der Waals surface area contributed by atoms with Gasteiger partial charge in [0.1, 0.15) is 5.82 Å². The summed E-state index contributed by atoms with van der Waals surface area (Å²) in [6, 6.07) is 0. The van der Waals surface area contributed by atoms with E-state index in [9.17, 15) is 8.42 Å². The van der Waals surface area contributed by atoms with E-state index in [0.717, 1.165) is 0 Å². The normalized spacial score (nSPS) is 19.2. The molecule has 1 aromatic rings. The Morgan fingerprint density at radius 1 is 1.61 bits per heavy atom. The Hall–Kier alpha value is -1.28. The van der Waals surface area contributed by atoms with Gasteiger partial charge >= 0.3 is 0 Å². The van der Waals surface area contributed by atoms with E-state index in [1.54, 1.807) is 11.7 Å². The molecule has 2 heterocycles. The smallest absolute Gasteiger partial charge is 0.182 e. The van der Waals surface area contributed by atoms with Gasteiger partial charge in [0.15, 0.2) is 20.6 Å². The average molecular weight is 274 g/mol. The van der Waals surface area contributed by atoms with Gasteiger partial charge in [-0.25, -0.2) is 13.1 Å². The number of aromatic nitrogens is 2. The molecule has 0 saturated heterocycles. The molecular formula is C10H18N4O3S. The second kappa shape index (κ2) is 4.77. The lowest BCUT2D eigenvalue weighted by atomic mass is 10.1. The number of aliphatic hydroxyl groups excluding tert-OH is 1. The quantitative estimate of drug-likeness (QED) is 0.701. The third-order valence-electron chi connectivity index (χ3n) is 3.04. The lowest BCUT2D eigenvalue weighted by molar-refractivity contribution is 0.244. The molecule has 1 unspecified atom stereocenters. The summed E-state index contributed by atoms with van der Waals surface area (Å²) in [5, 5.41) is 19.1. The van der Waals surface area contributed by atoms with Crippen LogP contribution in [0, 0.1) is 5.92 Å². The second-order valence-corrected chi connectivity index (χ2v) is 6.44. The molecule has 7 nitrogen and oxygen atoms in total. The summed E-state index contributed by atoms with van der Waals surface area (Å²) < 4.78 is 25.2. The van der Waals surface area contributed by atoms with Gasteiger partial charge in [0.25, 0.3) is 0 Å². The summed E-state index contributed by atoms with van der Waals surface area (Å²) in [5.41, 5.74) is 0. The first-order valence-electron chi connectivity index (χ1n) is 5.80. The zero-order valence-electron chi connectivity index (χ0n) is 10.5. The minimum absolute atomic E-state index is 0.126. The third-order valence-corrected chi connectivity index (χ3v) is 4.17. The zero-order chi connectivity index (χ0) is 13.3. The predicted octanol–water partition coefficient (Wildman–Crippen LogP) is -0.248. The van der Waals surface area contributed by atoms with Crippen LogP contribution in [-0.4, -0.2) is 49.8 Å². The Balaban J connectivity index is 2.41. The molecule has 0 radical (unpaired) electrons. The standard InChI is InChI=1S/C10H18N4O3S/c1-11-9-8(18(2,16)17)10-12-5-7(3-4-15)6-14(10)13-9/h7,12,15H,3-6H2,1-2H3,(H,11,13). The van der Waals surface area contributed by atoms with Crippen molar-refractivity contribution in [3.63, 3.8) is 0 Å². The van der Waals surface area contributed by atoms with E-state index < -0.39 is 9.84 Å². The van der Waals surface area contributed by atoms with Crippen LogP contribution in [0.15, 0.2) is 4.90 Å². The molecular weight excluding hydrogens is 256 g/mol. The molecule has 0 aromatic carbocycles. The topological polar surface area (TPSA) is 96.2 Å². The SMILES string of the molecule is CNc1nn2c(c1S(C)(=O)=O)NCC(CCO)C2. The molecule has 1 atom stereocenters. The van der Waals surface area contributed by atoms with Crippen molar-refractivity contribution < 1.29 is 13.5 Å². The van der Waals surface area contributed by atoms with Crippen molar-refractivity contribution in [2.24, 2.45) is 5.92 Å². The number of hydrogen-bond donors (Lipinski definition) is 3. The maximum atomic E-state index is 11.8. The number of aliphatic hydroxyl groups is 1. The van der Waals surface area contributed by atoms with E-state index in [-0.39, 0.29) is 17.4 Å². The summed E-state index contributed by atoms with van der Waals surface area (Å²) in [5.74, 6) is 1.17. The minimum Gasteiger partial charge on any atom is -0.396 e. The Labute approximate surface area is 106 Å². The summed E-state index contributed by atoms with van der Waals surface area (Å²) in [6.45, 7) is 1.39. The van der Waals surface area contributed by atoms with Crippen LogP contribution < -0.4 is 10.6 Å². The van der Waals surface area contributed by atoms with Gasteiger partial charge in [0, 0.05) is 33.0 Å². The lowest BCUT2D eigenvalue weighted by Crippen LogP contribution is -2.29. The number of sulfone groups is 1. The van der Waals surface area contributed by atoms with Crippen LogP contribution in [0.4, 0.5) is 11.6 Å². The molecule has 0 fully saturated rings. The first kappa shape index (κ1) is 13.2. The Kier molecular flexibility index (Phi) is 3.49. The Morgan fingerprint density at radius 2 is 2.33 bits per heavy atom. The average Bonchev–Trinajstić information content (AvgIpc) is 2.66. The number of fused-ring (bicyclic) bond motifs is 1. The summed E-state index contributed by atoms with van der Waals surface area (Å²) in [7, 11) is -1.68. The predicted molar refractivity (Wildman–Crippen MR) is 68.6 cm³/mol. The molecule has 102 valence electrons. The van der Waals surface area contributed by atoms with Crippen LogP contribution in [-0.2, 0) is 16.4 Å². The first-order valence-corrected chi connectivity index (χ1v) is 7.70. The molecule has 0 spiro atoms. The van der Waals surface area contributed by atoms with Gasteiger partial charge in [-0.1, -0.05) is 0 Å². The molecule has 0 amide bonds. The molecule has 8 heteroatoms. The van der Waals surface area contributed by atoms with Crippen LogP contribution in [0.25, 0.3) is 0 Å². The molecule has 2 rings (SSSR count). The van der Waals surface area contributed by atoms with E-state index in [0.29, 0.717) is 31.1 Å². The van der Waals surface area contributed by atoms with Crippen LogP contribution in [0.5, 0.6) is 0 Å². The molecule has 0 saturated carbocycles. The summed E-state index contributed by atoms with van der Waals surface area (Å²) in [6.07, 6.45) is 1.85. The largest absolute Gasteiger partial charge is 0.396 e. The van der Waals surface area contributed by atoms with Gasteiger partial charge in [-0.15, -0.1) is 0 Å². The highest BCUT2D eigenvalue weighted by Gasteiger charge is 2.29. The van der Waals surface area contributed by atoms with Crippen LogP contribution in [0.2, 0.25) is 0 Å². The van der Waals surface area contributed by atoms with Gasteiger partial charge in [0.05, 0.1) is 0 Å². The van der Waals surface area contributed by atoms with Crippen LogP contribution >= 0.6 is 0 Å². The number of nitrogens with one attached hydrogen (secondary N) is 2. The van der Waals surface area contributed by atoms with Crippen molar-refractivity contribution in [2.75, 3.05) is 37.1 Å². The fraction of sp³-hybridized carbons (Fsp3) is 0.700. The molecule has 18 heavy (non-hydrogen) atoms. The molecule has 0 bridgehead atoms. The van der Waals surface area contributed by atoms with Crippen molar-refractivity contribution in [3.8, 4) is 0 Å². The lowest BCUT2D eigenvalue weighted by Gasteiger charge is -2.24. The van der Waals surface area contributed by atoms with Gasteiger partial charge in [0.2, 0.25) is 0 Å². The van der Waals surface area contributed by atoms with Gasteiger partial charge in [-0.05, 0) is 12.3 Å². The van der Waals surface area contributed by atoms with Gasteiger partial charge in [-0.3, -0.25) is 0 Å². The van der Waals surface area contributed by atoms with Gasteiger partial charge in [-0.2, -0.15) is 5.10 Å². The van der Waals surface area contributed by atoms with Crippen LogP contribution in [0.3, 0.4) is 0 Å². The van der Waals surface area contributed by atoms with Crippen molar-refractivity contribution in [2.45, 2.75) is 17.9 Å². The van der Waals surface area contributed by atoms with E-state index >= 15 is 0 Å². The van der Waals surface area contributed by atoms with E-state index in [2.05, 4.69) is 15.7 Å². The fourth-order valence-electron chi connectivity index (χ4n) is 2.19. The van der Waals surface area contributed by atoms with Crippen molar-refractivity contribution >= 4 is 21.5 Å². The number of hydrogen-bond acceptors (Lipinski definition) is 6. The maximum absolute atomic E-state index is 11.8. The minimum atomic E-state index is -3.33. The maximum Gasteiger partial charge on any atom is 0.182 e. The van der Waals surface area contributed by atoms with E-state index in [1.807, 2.05) is 0 Å². The van der Waals surface area contributed by atoms with Crippen molar-refractivity contribution in [1.29, 1.82) is 0 Å². The van der Waals surface area contributed by atoms with Crippen LogP contribution in [0.1, 0.15) is 6.42 Å². The van der Waals surface area contributed by atoms with Crippen molar-refractivity contribution in [1.82, 2.24) is 9.78 Å². The molecule has 1 aromatic heterocycles. The molecule has 0 aliphatic carbocycles. The molecule has 1 aliphatic rings. The number of nitrogens with zero attached hydrogens (tertiary/aromatic N) is 2.